The number of aromatic nitrogens is 3. The minimum absolute atomic E-state index is 0.848. The fraction of sp³-hybridized carbons (Fsp3) is 0.200. The second-order valence-electron chi connectivity index (χ2n) is 2.87. The molecule has 0 aliphatic heterocycles. The third-order valence-electron chi connectivity index (χ3n) is 2.05. The average Bonchev–Trinajstić information content (AvgIpc) is 2.61. The topological polar surface area (TPSA) is 30.7 Å². The Morgan fingerprint density at radius 1 is 1.36 bits per heavy atom. The Bertz CT molecular complexity index is 422. The van der Waals surface area contributed by atoms with Crippen LogP contribution in [0.4, 0.5) is 0 Å². The van der Waals surface area contributed by atoms with Crippen molar-refractivity contribution in [2.45, 2.75) is 13.5 Å². The monoisotopic (exact) mass is 251 g/mol. The lowest BCUT2D eigenvalue weighted by Crippen LogP contribution is -1.97. The molecule has 0 aliphatic carbocycles. The number of nitrogens with zero attached hydrogens (tertiary/aromatic N) is 3. The first-order valence-electron chi connectivity index (χ1n) is 4.45. The summed E-state index contributed by atoms with van der Waals surface area (Å²) in [7, 11) is 0. The molecule has 0 N–H and O–H groups in total. The van der Waals surface area contributed by atoms with Gasteiger partial charge in [0.1, 0.15) is 0 Å². The second kappa shape index (κ2) is 3.92. The van der Waals surface area contributed by atoms with Gasteiger partial charge >= 0.3 is 0 Å². The van der Waals surface area contributed by atoms with Gasteiger partial charge in [-0.2, -0.15) is 0 Å². The van der Waals surface area contributed by atoms with Crippen LogP contribution in [0.3, 0.4) is 0 Å². The van der Waals surface area contributed by atoms with Crippen LogP contribution in [0.2, 0.25) is 0 Å². The van der Waals surface area contributed by atoms with E-state index in [-0.39, 0.29) is 0 Å². The van der Waals surface area contributed by atoms with Crippen LogP contribution in [-0.2, 0) is 6.54 Å². The molecule has 2 aromatic heterocycles. The number of halogens is 1. The van der Waals surface area contributed by atoms with Crippen LogP contribution in [0, 0.1) is 0 Å². The Balaban J connectivity index is 2.52. The zero-order valence-corrected chi connectivity index (χ0v) is 9.40. The van der Waals surface area contributed by atoms with Gasteiger partial charge in [-0.15, -0.1) is 0 Å². The molecule has 0 unspecified atom stereocenters. The summed E-state index contributed by atoms with van der Waals surface area (Å²) in [6.45, 7) is 2.96. The lowest BCUT2D eigenvalue weighted by Gasteiger charge is -2.04. The van der Waals surface area contributed by atoms with E-state index in [1.165, 1.54) is 0 Å². The lowest BCUT2D eigenvalue weighted by molar-refractivity contribution is 0.746. The first-order chi connectivity index (χ1) is 6.83. The predicted molar refractivity (Wildman–Crippen MR) is 58.8 cm³/mol. The molecule has 0 aromatic carbocycles. The molecule has 4 heteroatoms. The second-order valence-corrected chi connectivity index (χ2v) is 3.58. The van der Waals surface area contributed by atoms with Crippen molar-refractivity contribution in [2.24, 2.45) is 0 Å². The van der Waals surface area contributed by atoms with Gasteiger partial charge < -0.3 is 4.57 Å². The summed E-state index contributed by atoms with van der Waals surface area (Å²) < 4.78 is 2.92. The minimum Gasteiger partial charge on any atom is -0.318 e. The summed E-state index contributed by atoms with van der Waals surface area (Å²) in [5.74, 6) is 0. The fourth-order valence-electron chi connectivity index (χ4n) is 1.37. The summed E-state index contributed by atoms with van der Waals surface area (Å²) in [4.78, 5) is 8.49. The highest BCUT2D eigenvalue weighted by Crippen LogP contribution is 2.20. The van der Waals surface area contributed by atoms with Crippen molar-refractivity contribution in [3.63, 3.8) is 0 Å². The molecule has 0 saturated carbocycles. The lowest BCUT2D eigenvalue weighted by atomic mass is 10.3. The summed E-state index contributed by atoms with van der Waals surface area (Å²) in [6.07, 6.45) is 3.62. The highest BCUT2D eigenvalue weighted by molar-refractivity contribution is 9.10. The molecule has 0 aliphatic rings. The molecular weight excluding hydrogens is 242 g/mol. The van der Waals surface area contributed by atoms with Crippen molar-refractivity contribution in [2.75, 3.05) is 0 Å². The van der Waals surface area contributed by atoms with Gasteiger partial charge in [0.15, 0.2) is 4.73 Å². The molecule has 0 saturated heterocycles. The maximum absolute atomic E-state index is 4.29. The number of pyridine rings is 1. The highest BCUT2D eigenvalue weighted by atomic mass is 79.9. The van der Waals surface area contributed by atoms with Gasteiger partial charge in [-0.25, -0.2) is 4.98 Å². The molecule has 0 spiro atoms. The maximum Gasteiger partial charge on any atom is 0.177 e. The molecule has 3 nitrogen and oxygen atoms in total. The van der Waals surface area contributed by atoms with Gasteiger partial charge in [0.2, 0.25) is 0 Å². The number of rotatable bonds is 2. The first-order valence-corrected chi connectivity index (χ1v) is 5.24. The summed E-state index contributed by atoms with van der Waals surface area (Å²) >= 11 is 3.40. The SMILES string of the molecule is CCn1c(-c2ccccn2)cnc1Br. The zero-order valence-electron chi connectivity index (χ0n) is 7.81. The van der Waals surface area contributed by atoms with Crippen LogP contribution in [0.15, 0.2) is 35.3 Å². The van der Waals surface area contributed by atoms with Crippen molar-refractivity contribution in [3.8, 4) is 11.4 Å². The van der Waals surface area contributed by atoms with E-state index in [9.17, 15) is 0 Å². The summed E-state index contributed by atoms with van der Waals surface area (Å²) in [5, 5.41) is 0. The standard InChI is InChI=1S/C10H10BrN3/c1-2-14-9(7-13-10(14)11)8-5-3-4-6-12-8/h3-7H,2H2,1H3. The number of hydrogen-bond donors (Lipinski definition) is 0. The van der Waals surface area contributed by atoms with Crippen molar-refractivity contribution in [3.05, 3.63) is 35.3 Å². The molecule has 0 atom stereocenters. The van der Waals surface area contributed by atoms with E-state index >= 15 is 0 Å². The van der Waals surface area contributed by atoms with E-state index in [0.29, 0.717) is 0 Å². The Morgan fingerprint density at radius 3 is 2.86 bits per heavy atom. The zero-order chi connectivity index (χ0) is 9.97. The van der Waals surface area contributed by atoms with E-state index in [2.05, 4.69) is 37.4 Å². The molecule has 14 heavy (non-hydrogen) atoms. The van der Waals surface area contributed by atoms with Crippen LogP contribution in [0.1, 0.15) is 6.92 Å². The normalized spacial score (nSPS) is 10.4. The van der Waals surface area contributed by atoms with Crippen LogP contribution in [0.5, 0.6) is 0 Å². The van der Waals surface area contributed by atoms with Gasteiger partial charge in [0.25, 0.3) is 0 Å². The minimum atomic E-state index is 0.848. The molecular formula is C10H10BrN3. The van der Waals surface area contributed by atoms with E-state index in [1.54, 1.807) is 6.20 Å². The third kappa shape index (κ3) is 1.57. The van der Waals surface area contributed by atoms with Crippen LogP contribution >= 0.6 is 15.9 Å². The molecule has 0 amide bonds. The van der Waals surface area contributed by atoms with Gasteiger partial charge in [0, 0.05) is 12.7 Å². The molecule has 0 fully saturated rings. The average molecular weight is 252 g/mol. The largest absolute Gasteiger partial charge is 0.318 e. The Kier molecular flexibility index (Phi) is 2.63. The van der Waals surface area contributed by atoms with E-state index in [1.807, 2.05) is 24.4 Å². The van der Waals surface area contributed by atoms with Crippen molar-refractivity contribution >= 4 is 15.9 Å². The fourth-order valence-corrected chi connectivity index (χ4v) is 1.92. The molecule has 72 valence electrons. The quantitative estimate of drug-likeness (QED) is 0.822. The first kappa shape index (κ1) is 9.40. The van der Waals surface area contributed by atoms with Gasteiger partial charge in [-0.1, -0.05) is 6.07 Å². The Morgan fingerprint density at radius 2 is 2.21 bits per heavy atom. The third-order valence-corrected chi connectivity index (χ3v) is 2.68. The van der Waals surface area contributed by atoms with Crippen LogP contribution in [0.25, 0.3) is 11.4 Å². The maximum atomic E-state index is 4.29. The van der Waals surface area contributed by atoms with E-state index in [0.717, 1.165) is 22.7 Å². The van der Waals surface area contributed by atoms with E-state index < -0.39 is 0 Å². The van der Waals surface area contributed by atoms with E-state index in [4.69, 9.17) is 0 Å². The smallest absolute Gasteiger partial charge is 0.177 e. The Labute approximate surface area is 90.9 Å². The van der Waals surface area contributed by atoms with Crippen LogP contribution in [-0.4, -0.2) is 14.5 Å². The highest BCUT2D eigenvalue weighted by Gasteiger charge is 2.08. The number of imidazole rings is 1. The van der Waals surface area contributed by atoms with Gasteiger partial charge in [0.05, 0.1) is 17.6 Å². The summed E-state index contributed by atoms with van der Waals surface area (Å²) in [5.41, 5.74) is 1.99. The van der Waals surface area contributed by atoms with Crippen molar-refractivity contribution in [1.82, 2.24) is 14.5 Å². The van der Waals surface area contributed by atoms with Crippen LogP contribution < -0.4 is 0 Å². The van der Waals surface area contributed by atoms with Gasteiger partial charge in [-0.05, 0) is 35.0 Å². The van der Waals surface area contributed by atoms with Crippen molar-refractivity contribution < 1.29 is 0 Å². The molecule has 0 radical (unpaired) electrons. The number of hydrogen-bond acceptors (Lipinski definition) is 2. The predicted octanol–water partition coefficient (Wildman–Crippen LogP) is 2.73. The summed E-state index contributed by atoms with van der Waals surface area (Å²) in [6, 6.07) is 5.87. The molecule has 0 bridgehead atoms. The molecule has 2 aromatic rings. The van der Waals surface area contributed by atoms with Gasteiger partial charge in [-0.3, -0.25) is 4.98 Å². The Hall–Kier alpha value is -1.16. The molecule has 2 rings (SSSR count). The molecule has 2 heterocycles. The van der Waals surface area contributed by atoms with Crippen molar-refractivity contribution in [1.29, 1.82) is 0 Å².